The third kappa shape index (κ3) is 1.55. The number of rotatable bonds is 1. The molecule has 2 heterocycles. The molecule has 0 radical (unpaired) electrons. The van der Waals surface area contributed by atoms with Gasteiger partial charge in [0.2, 0.25) is 5.78 Å². The predicted octanol–water partition coefficient (Wildman–Crippen LogP) is 2.95. The van der Waals surface area contributed by atoms with E-state index in [0.717, 1.165) is 10.9 Å². The van der Waals surface area contributed by atoms with E-state index in [1.807, 2.05) is 42.5 Å². The first-order chi connectivity index (χ1) is 9.83. The maximum Gasteiger partial charge on any atom is 0.217 e. The van der Waals surface area contributed by atoms with E-state index in [-0.39, 0.29) is 5.78 Å². The zero-order valence-electron chi connectivity index (χ0n) is 10.4. The molecule has 4 heteroatoms. The first-order valence-electron chi connectivity index (χ1n) is 6.27. The molecule has 0 bridgehead atoms. The van der Waals surface area contributed by atoms with Crippen molar-refractivity contribution >= 4 is 28.1 Å². The second kappa shape index (κ2) is 4.06. The molecule has 1 aliphatic heterocycles. The Hall–Kier alpha value is -2.88. The average Bonchev–Trinajstić information content (AvgIpc) is 2.84. The molecule has 0 saturated carbocycles. The highest BCUT2D eigenvalue weighted by molar-refractivity contribution is 6.54. The molecular formula is C16H9N3O. The van der Waals surface area contributed by atoms with Crippen LogP contribution in [0.2, 0.25) is 0 Å². The van der Waals surface area contributed by atoms with E-state index >= 15 is 0 Å². The maximum absolute atomic E-state index is 12.3. The Balaban J connectivity index is 1.87. The van der Waals surface area contributed by atoms with Gasteiger partial charge in [-0.3, -0.25) is 4.79 Å². The van der Waals surface area contributed by atoms with E-state index in [2.05, 4.69) is 15.0 Å². The standard InChI is InChI=1S/C16H9N3O/c20-15-11-6-2-4-8-13(11)18-14(15)16-17-9-10-5-1-3-7-12(10)19-16/h1-9H. The van der Waals surface area contributed by atoms with Crippen LogP contribution < -0.4 is 0 Å². The van der Waals surface area contributed by atoms with Gasteiger partial charge in [-0.1, -0.05) is 30.3 Å². The third-order valence-electron chi connectivity index (χ3n) is 3.30. The van der Waals surface area contributed by atoms with Gasteiger partial charge in [0, 0.05) is 11.6 Å². The number of ketones is 1. The fraction of sp³-hybridized carbons (Fsp3) is 0. The van der Waals surface area contributed by atoms with Gasteiger partial charge in [0.05, 0.1) is 16.8 Å². The summed E-state index contributed by atoms with van der Waals surface area (Å²) in [5.74, 6) is 0.265. The van der Waals surface area contributed by atoms with Gasteiger partial charge < -0.3 is 0 Å². The summed E-state index contributed by atoms with van der Waals surface area (Å²) in [7, 11) is 0. The predicted molar refractivity (Wildman–Crippen MR) is 76.5 cm³/mol. The van der Waals surface area contributed by atoms with E-state index in [1.165, 1.54) is 0 Å². The van der Waals surface area contributed by atoms with Crippen LogP contribution in [0.3, 0.4) is 0 Å². The minimum atomic E-state index is -0.115. The second-order valence-electron chi connectivity index (χ2n) is 4.56. The molecule has 1 aromatic heterocycles. The molecule has 4 rings (SSSR count). The highest BCUT2D eigenvalue weighted by atomic mass is 16.1. The number of Topliss-reactive ketones (excluding diaryl/α,β-unsaturated/α-hetero) is 1. The van der Waals surface area contributed by atoms with Crippen LogP contribution in [0, 0.1) is 0 Å². The molecule has 1 aliphatic rings. The van der Waals surface area contributed by atoms with Gasteiger partial charge >= 0.3 is 0 Å². The summed E-state index contributed by atoms with van der Waals surface area (Å²) in [5.41, 5.74) is 2.42. The lowest BCUT2D eigenvalue weighted by Crippen LogP contribution is -2.14. The van der Waals surface area contributed by atoms with Crippen molar-refractivity contribution in [3.05, 3.63) is 66.1 Å². The number of nitrogens with zero attached hydrogens (tertiary/aromatic N) is 3. The molecule has 20 heavy (non-hydrogen) atoms. The molecule has 0 atom stereocenters. The number of hydrogen-bond acceptors (Lipinski definition) is 4. The molecular weight excluding hydrogens is 250 g/mol. The summed E-state index contributed by atoms with van der Waals surface area (Å²) < 4.78 is 0. The van der Waals surface area contributed by atoms with Gasteiger partial charge in [-0.2, -0.15) is 0 Å². The molecule has 0 N–H and O–H groups in total. The summed E-state index contributed by atoms with van der Waals surface area (Å²) in [6.07, 6.45) is 1.72. The lowest BCUT2D eigenvalue weighted by atomic mass is 10.1. The number of hydrogen-bond donors (Lipinski definition) is 0. The van der Waals surface area contributed by atoms with Crippen molar-refractivity contribution < 1.29 is 4.79 Å². The van der Waals surface area contributed by atoms with Crippen molar-refractivity contribution in [3.8, 4) is 0 Å². The molecule has 0 fully saturated rings. The van der Waals surface area contributed by atoms with Crippen LogP contribution in [0.25, 0.3) is 10.9 Å². The normalized spacial score (nSPS) is 13.4. The third-order valence-corrected chi connectivity index (χ3v) is 3.30. The Morgan fingerprint density at radius 3 is 2.60 bits per heavy atom. The largest absolute Gasteiger partial charge is 0.287 e. The minimum Gasteiger partial charge on any atom is -0.287 e. The summed E-state index contributed by atoms with van der Waals surface area (Å²) in [4.78, 5) is 25.4. The van der Waals surface area contributed by atoms with Crippen LogP contribution in [-0.2, 0) is 0 Å². The molecule has 0 aliphatic carbocycles. The average molecular weight is 259 g/mol. The van der Waals surface area contributed by atoms with E-state index < -0.39 is 0 Å². The topological polar surface area (TPSA) is 55.2 Å². The first kappa shape index (κ1) is 11.0. The van der Waals surface area contributed by atoms with Gasteiger partial charge in [0.1, 0.15) is 0 Å². The minimum absolute atomic E-state index is 0.115. The summed E-state index contributed by atoms with van der Waals surface area (Å²) >= 11 is 0. The molecule has 94 valence electrons. The van der Waals surface area contributed by atoms with Gasteiger partial charge in [0.15, 0.2) is 11.5 Å². The van der Waals surface area contributed by atoms with E-state index in [1.54, 1.807) is 12.3 Å². The van der Waals surface area contributed by atoms with Crippen molar-refractivity contribution in [1.82, 2.24) is 9.97 Å². The highest BCUT2D eigenvalue weighted by Crippen LogP contribution is 2.27. The van der Waals surface area contributed by atoms with Gasteiger partial charge in [-0.05, 0) is 18.2 Å². The van der Waals surface area contributed by atoms with Crippen molar-refractivity contribution in [1.29, 1.82) is 0 Å². The van der Waals surface area contributed by atoms with Crippen LogP contribution in [0.4, 0.5) is 5.69 Å². The van der Waals surface area contributed by atoms with Crippen LogP contribution >= 0.6 is 0 Å². The van der Waals surface area contributed by atoms with E-state index in [0.29, 0.717) is 22.8 Å². The van der Waals surface area contributed by atoms with Crippen molar-refractivity contribution in [2.75, 3.05) is 0 Å². The fourth-order valence-corrected chi connectivity index (χ4v) is 2.30. The quantitative estimate of drug-likeness (QED) is 0.675. The van der Waals surface area contributed by atoms with E-state index in [9.17, 15) is 4.79 Å². The Labute approximate surface area is 114 Å². The number of para-hydroxylation sites is 2. The molecule has 4 nitrogen and oxygen atoms in total. The second-order valence-corrected chi connectivity index (χ2v) is 4.56. The number of fused-ring (bicyclic) bond motifs is 2. The monoisotopic (exact) mass is 259 g/mol. The molecule has 2 aromatic carbocycles. The Bertz CT molecular complexity index is 884. The van der Waals surface area contributed by atoms with E-state index in [4.69, 9.17) is 0 Å². The summed E-state index contributed by atoms with van der Waals surface area (Å²) in [6.45, 7) is 0. The van der Waals surface area contributed by atoms with Crippen LogP contribution in [0.15, 0.2) is 59.7 Å². The summed E-state index contributed by atoms with van der Waals surface area (Å²) in [5, 5.41) is 0.944. The van der Waals surface area contributed by atoms with Crippen molar-refractivity contribution in [2.45, 2.75) is 0 Å². The Kier molecular flexibility index (Phi) is 2.23. The summed E-state index contributed by atoms with van der Waals surface area (Å²) in [6, 6.07) is 15.0. The van der Waals surface area contributed by atoms with Gasteiger partial charge in [0.25, 0.3) is 0 Å². The number of benzene rings is 2. The number of aliphatic imine (C=N–C) groups is 1. The number of carbonyl (C=O) groups is 1. The zero-order valence-corrected chi connectivity index (χ0v) is 10.4. The van der Waals surface area contributed by atoms with Gasteiger partial charge in [-0.25, -0.2) is 15.0 Å². The van der Waals surface area contributed by atoms with Crippen LogP contribution in [-0.4, -0.2) is 21.5 Å². The van der Waals surface area contributed by atoms with Gasteiger partial charge in [-0.15, -0.1) is 0 Å². The number of carbonyl (C=O) groups excluding carboxylic acids is 1. The molecule has 3 aromatic rings. The first-order valence-corrected chi connectivity index (χ1v) is 6.27. The lowest BCUT2D eigenvalue weighted by molar-refractivity contribution is 0.107. The molecule has 0 amide bonds. The molecule has 0 saturated heterocycles. The lowest BCUT2D eigenvalue weighted by Gasteiger charge is -2.00. The zero-order chi connectivity index (χ0) is 13.5. The smallest absolute Gasteiger partial charge is 0.217 e. The highest BCUT2D eigenvalue weighted by Gasteiger charge is 2.27. The van der Waals surface area contributed by atoms with Crippen LogP contribution in [0.5, 0.6) is 0 Å². The number of aromatic nitrogens is 2. The maximum atomic E-state index is 12.3. The molecule has 0 unspecified atom stereocenters. The Morgan fingerprint density at radius 1 is 0.900 bits per heavy atom. The fourth-order valence-electron chi connectivity index (χ4n) is 2.30. The van der Waals surface area contributed by atoms with Crippen LogP contribution in [0.1, 0.15) is 16.2 Å². The Morgan fingerprint density at radius 2 is 1.70 bits per heavy atom. The van der Waals surface area contributed by atoms with Crippen molar-refractivity contribution in [2.24, 2.45) is 4.99 Å². The SMILES string of the molecule is O=C1C(c2ncc3ccccc3n2)=Nc2ccccc21. The van der Waals surface area contributed by atoms with Crippen molar-refractivity contribution in [3.63, 3.8) is 0 Å². The molecule has 0 spiro atoms.